The van der Waals surface area contributed by atoms with E-state index in [0.29, 0.717) is 6.07 Å². The number of anilines is 3. The third-order valence-electron chi connectivity index (χ3n) is 5.38. The summed E-state index contributed by atoms with van der Waals surface area (Å²) in [6, 6.07) is 20.2. The van der Waals surface area contributed by atoms with E-state index in [9.17, 15) is 34.8 Å². The highest BCUT2D eigenvalue weighted by atomic mass is 35.5. The number of amides is 1. The first-order valence-corrected chi connectivity index (χ1v) is 14.6. The Hall–Kier alpha value is -4.07. The molecule has 0 radical (unpaired) electrons. The van der Waals surface area contributed by atoms with E-state index >= 15 is 0 Å². The first-order valence-electron chi connectivity index (χ1n) is 11.2. The van der Waals surface area contributed by atoms with Gasteiger partial charge < -0.3 is 5.32 Å². The quantitative estimate of drug-likeness (QED) is 0.219. The zero-order valence-corrected chi connectivity index (χ0v) is 22.5. The van der Waals surface area contributed by atoms with Gasteiger partial charge in [-0.2, -0.15) is 13.2 Å². The molecule has 1 amide bonds. The lowest BCUT2D eigenvalue weighted by Crippen LogP contribution is -2.16. The van der Waals surface area contributed by atoms with Crippen molar-refractivity contribution in [1.29, 1.82) is 0 Å². The number of hydrogen-bond acceptors (Lipinski definition) is 5. The van der Waals surface area contributed by atoms with Crippen LogP contribution < -0.4 is 14.8 Å². The van der Waals surface area contributed by atoms with Crippen LogP contribution in [0.1, 0.15) is 15.9 Å². The zero-order valence-electron chi connectivity index (χ0n) is 20.1. The van der Waals surface area contributed by atoms with Gasteiger partial charge in [-0.15, -0.1) is 0 Å². The van der Waals surface area contributed by atoms with Crippen molar-refractivity contribution >= 4 is 54.6 Å². The van der Waals surface area contributed by atoms with Crippen LogP contribution in [0.4, 0.5) is 30.2 Å². The first kappa shape index (κ1) is 28.9. The maximum atomic E-state index is 12.9. The number of nitrogens with one attached hydrogen (secondary N) is 3. The maximum Gasteiger partial charge on any atom is 0.416 e. The van der Waals surface area contributed by atoms with Crippen LogP contribution in [-0.2, 0) is 26.2 Å². The predicted molar refractivity (Wildman–Crippen MR) is 145 cm³/mol. The number of carbonyl (C=O) groups is 1. The van der Waals surface area contributed by atoms with Gasteiger partial charge in [0.1, 0.15) is 0 Å². The van der Waals surface area contributed by atoms with Crippen molar-refractivity contribution in [3.63, 3.8) is 0 Å². The van der Waals surface area contributed by atoms with Gasteiger partial charge in [0.2, 0.25) is 0 Å². The topological polar surface area (TPSA) is 121 Å². The molecule has 4 aromatic rings. The van der Waals surface area contributed by atoms with Gasteiger partial charge in [0, 0.05) is 17.1 Å². The van der Waals surface area contributed by atoms with Gasteiger partial charge >= 0.3 is 6.18 Å². The molecule has 0 aliphatic heterocycles. The minimum absolute atomic E-state index is 0.0218. The molecule has 4 aromatic carbocycles. The average molecular weight is 610 g/mol. The third-order valence-corrected chi connectivity index (χ3v) is 8.51. The first-order chi connectivity index (χ1) is 18.7. The minimum Gasteiger partial charge on any atom is -0.322 e. The third kappa shape index (κ3) is 6.92. The fraction of sp³-hybridized carbons (Fsp3) is 0.0385. The molecular weight excluding hydrogens is 591 g/mol. The standard InChI is InChI=1S/C26H19ClF3N3O5S2/c27-24-14-11-20(33-39(35,36)21-7-2-1-3-8-21)16-23(24)25(34)31-18-9-12-22(13-10-18)40(37,38)32-19-6-4-5-17(15-19)26(28,29)30/h1-16,32-33H,(H,31,34). The molecule has 0 atom stereocenters. The van der Waals surface area contributed by atoms with Crippen molar-refractivity contribution in [1.82, 2.24) is 0 Å². The Bertz CT molecular complexity index is 1770. The Morgan fingerprint density at radius 1 is 0.650 bits per heavy atom. The second-order valence-corrected chi connectivity index (χ2v) is 12.0. The van der Waals surface area contributed by atoms with E-state index in [4.69, 9.17) is 11.6 Å². The molecule has 3 N–H and O–H groups in total. The smallest absolute Gasteiger partial charge is 0.322 e. The SMILES string of the molecule is O=C(Nc1ccc(S(=O)(=O)Nc2cccc(C(F)(F)F)c2)cc1)c1cc(NS(=O)(=O)c2ccccc2)ccc1Cl. The monoisotopic (exact) mass is 609 g/mol. The van der Waals surface area contributed by atoms with Crippen molar-refractivity contribution < 1.29 is 34.8 Å². The fourth-order valence-electron chi connectivity index (χ4n) is 3.47. The molecule has 0 fully saturated rings. The Balaban J connectivity index is 1.48. The van der Waals surface area contributed by atoms with Gasteiger partial charge in [-0.05, 0) is 72.8 Å². The number of rotatable bonds is 8. The van der Waals surface area contributed by atoms with Gasteiger partial charge in [-0.1, -0.05) is 35.9 Å². The molecule has 0 saturated carbocycles. The molecule has 0 bridgehead atoms. The van der Waals surface area contributed by atoms with Crippen LogP contribution >= 0.6 is 11.6 Å². The van der Waals surface area contributed by atoms with E-state index in [1.807, 2.05) is 0 Å². The summed E-state index contributed by atoms with van der Waals surface area (Å²) in [5, 5.41) is 2.56. The number of alkyl halides is 3. The van der Waals surface area contributed by atoms with Crippen molar-refractivity contribution in [2.75, 3.05) is 14.8 Å². The lowest BCUT2D eigenvalue weighted by molar-refractivity contribution is -0.137. The number of sulfonamides is 2. The van der Waals surface area contributed by atoms with Crippen LogP contribution in [-0.4, -0.2) is 22.7 Å². The molecule has 4 rings (SSSR count). The summed E-state index contributed by atoms with van der Waals surface area (Å²) in [7, 11) is -8.16. The summed E-state index contributed by atoms with van der Waals surface area (Å²) in [4.78, 5) is 12.6. The van der Waals surface area contributed by atoms with E-state index in [-0.39, 0.29) is 37.4 Å². The van der Waals surface area contributed by atoms with E-state index < -0.39 is 37.7 Å². The van der Waals surface area contributed by atoms with Crippen molar-refractivity contribution in [3.8, 4) is 0 Å². The van der Waals surface area contributed by atoms with E-state index in [1.165, 1.54) is 48.5 Å². The number of carbonyl (C=O) groups excluding carboxylic acids is 1. The molecule has 14 heteroatoms. The summed E-state index contributed by atoms with van der Waals surface area (Å²) in [6.45, 7) is 0. The normalized spacial score (nSPS) is 12.0. The van der Waals surface area contributed by atoms with Crippen LogP contribution in [0.15, 0.2) is 107 Å². The lowest BCUT2D eigenvalue weighted by atomic mass is 10.2. The molecule has 0 spiro atoms. The largest absolute Gasteiger partial charge is 0.416 e. The average Bonchev–Trinajstić information content (AvgIpc) is 2.90. The highest BCUT2D eigenvalue weighted by Gasteiger charge is 2.30. The van der Waals surface area contributed by atoms with E-state index in [1.54, 1.807) is 18.2 Å². The Morgan fingerprint density at radius 3 is 1.80 bits per heavy atom. The van der Waals surface area contributed by atoms with Gasteiger partial charge in [-0.25, -0.2) is 16.8 Å². The molecule has 0 aromatic heterocycles. The van der Waals surface area contributed by atoms with Crippen molar-refractivity contribution in [3.05, 3.63) is 113 Å². The van der Waals surface area contributed by atoms with Crippen molar-refractivity contribution in [2.45, 2.75) is 16.0 Å². The molecule has 0 aliphatic carbocycles. The summed E-state index contributed by atoms with van der Waals surface area (Å²) < 4.78 is 93.8. The van der Waals surface area contributed by atoms with Gasteiger partial charge in [-0.3, -0.25) is 14.2 Å². The summed E-state index contributed by atoms with van der Waals surface area (Å²) >= 11 is 6.15. The highest BCUT2D eigenvalue weighted by molar-refractivity contribution is 7.93. The number of benzene rings is 4. The molecule has 8 nitrogen and oxygen atoms in total. The van der Waals surface area contributed by atoms with Gasteiger partial charge in [0.05, 0.1) is 25.9 Å². The summed E-state index contributed by atoms with van der Waals surface area (Å²) in [6.07, 6.45) is -4.64. The molecule has 40 heavy (non-hydrogen) atoms. The zero-order chi connectivity index (χ0) is 29.1. The van der Waals surface area contributed by atoms with Crippen LogP contribution in [0.3, 0.4) is 0 Å². The summed E-state index contributed by atoms with van der Waals surface area (Å²) in [5.41, 5.74) is -1.08. The number of hydrogen-bond donors (Lipinski definition) is 3. The summed E-state index contributed by atoms with van der Waals surface area (Å²) in [5.74, 6) is -0.705. The van der Waals surface area contributed by atoms with Crippen LogP contribution in [0, 0.1) is 0 Å². The van der Waals surface area contributed by atoms with E-state index in [0.717, 1.165) is 24.3 Å². The molecule has 0 saturated heterocycles. The second-order valence-electron chi connectivity index (χ2n) is 8.28. The molecule has 208 valence electrons. The fourth-order valence-corrected chi connectivity index (χ4v) is 5.79. The molecule has 0 heterocycles. The van der Waals surface area contributed by atoms with Crippen molar-refractivity contribution in [2.24, 2.45) is 0 Å². The Morgan fingerprint density at radius 2 is 1.20 bits per heavy atom. The highest BCUT2D eigenvalue weighted by Crippen LogP contribution is 2.31. The van der Waals surface area contributed by atoms with Gasteiger partial charge in [0.25, 0.3) is 26.0 Å². The molecular formula is C26H19ClF3N3O5S2. The van der Waals surface area contributed by atoms with Crippen LogP contribution in [0.25, 0.3) is 0 Å². The minimum atomic E-state index is -4.64. The maximum absolute atomic E-state index is 12.9. The lowest BCUT2D eigenvalue weighted by Gasteiger charge is -2.13. The van der Waals surface area contributed by atoms with Crippen LogP contribution in [0.2, 0.25) is 5.02 Å². The Labute approximate surface area is 232 Å². The molecule has 0 unspecified atom stereocenters. The predicted octanol–water partition coefficient (Wildman–Crippen LogP) is 6.21. The Kier molecular flexibility index (Phi) is 8.10. The second kappa shape index (κ2) is 11.2. The van der Waals surface area contributed by atoms with Crippen LogP contribution in [0.5, 0.6) is 0 Å². The number of halogens is 4. The van der Waals surface area contributed by atoms with E-state index in [2.05, 4.69) is 14.8 Å². The van der Waals surface area contributed by atoms with Gasteiger partial charge in [0.15, 0.2) is 0 Å². The molecule has 0 aliphatic rings.